The molecule has 146 valence electrons. The number of fused-ring (bicyclic) bond motifs is 1. The van der Waals surface area contributed by atoms with Gasteiger partial charge in [0.1, 0.15) is 17.1 Å². The molecular formula is C20H22N4O4. The van der Waals surface area contributed by atoms with Crippen molar-refractivity contribution >= 4 is 22.6 Å². The standard InChI is InChI=1S/C20H22N4O4/c1-24-14(18-16(27-2)4-5-21-20(18)28-3)7-11-8-17(22-9-15(11)24)23-19(26)13-6-12(13)10-25/h4-5,7-9,12-13,25H,6,10H2,1-3H3,(H,22,23,26)/t12-,13+/m0/s1. The Kier molecular flexibility index (Phi) is 4.64. The summed E-state index contributed by atoms with van der Waals surface area (Å²) in [7, 11) is 5.10. The van der Waals surface area contributed by atoms with Gasteiger partial charge in [0.2, 0.25) is 11.8 Å². The van der Waals surface area contributed by atoms with Gasteiger partial charge in [-0.1, -0.05) is 0 Å². The number of aryl methyl sites for hydroxylation is 1. The van der Waals surface area contributed by atoms with E-state index in [0.717, 1.165) is 28.6 Å². The second-order valence-electron chi connectivity index (χ2n) is 6.89. The van der Waals surface area contributed by atoms with Crippen LogP contribution in [0.5, 0.6) is 11.6 Å². The average Bonchev–Trinajstić information content (AvgIpc) is 3.45. The largest absolute Gasteiger partial charge is 0.496 e. The molecule has 28 heavy (non-hydrogen) atoms. The van der Waals surface area contributed by atoms with Crippen LogP contribution in [0.2, 0.25) is 0 Å². The summed E-state index contributed by atoms with van der Waals surface area (Å²) in [4.78, 5) is 20.9. The highest BCUT2D eigenvalue weighted by atomic mass is 16.5. The van der Waals surface area contributed by atoms with E-state index in [1.165, 1.54) is 0 Å². The van der Waals surface area contributed by atoms with Crippen LogP contribution in [0.25, 0.3) is 22.2 Å². The summed E-state index contributed by atoms with van der Waals surface area (Å²) in [5, 5.41) is 12.9. The number of carbonyl (C=O) groups is 1. The lowest BCUT2D eigenvalue weighted by Gasteiger charge is -2.12. The van der Waals surface area contributed by atoms with Gasteiger partial charge in [0.25, 0.3) is 0 Å². The maximum Gasteiger partial charge on any atom is 0.229 e. The van der Waals surface area contributed by atoms with Gasteiger partial charge in [0, 0.05) is 31.2 Å². The summed E-state index contributed by atoms with van der Waals surface area (Å²) < 4.78 is 12.9. The summed E-state index contributed by atoms with van der Waals surface area (Å²) in [6.07, 6.45) is 4.08. The van der Waals surface area contributed by atoms with Crippen molar-refractivity contribution in [1.29, 1.82) is 0 Å². The van der Waals surface area contributed by atoms with Gasteiger partial charge in [-0.25, -0.2) is 9.97 Å². The van der Waals surface area contributed by atoms with Gasteiger partial charge in [0.15, 0.2) is 0 Å². The molecule has 1 amide bonds. The Morgan fingerprint density at radius 2 is 2.14 bits per heavy atom. The smallest absolute Gasteiger partial charge is 0.229 e. The lowest BCUT2D eigenvalue weighted by Crippen LogP contribution is -2.16. The monoisotopic (exact) mass is 382 g/mol. The van der Waals surface area contributed by atoms with Crippen LogP contribution < -0.4 is 14.8 Å². The molecule has 1 aliphatic carbocycles. The Labute approximate surface area is 162 Å². The number of aromatic nitrogens is 3. The quantitative estimate of drug-likeness (QED) is 0.678. The van der Waals surface area contributed by atoms with Gasteiger partial charge in [-0.3, -0.25) is 4.79 Å². The van der Waals surface area contributed by atoms with E-state index in [2.05, 4.69) is 15.3 Å². The molecule has 3 heterocycles. The second-order valence-corrected chi connectivity index (χ2v) is 6.89. The minimum Gasteiger partial charge on any atom is -0.496 e. The fraction of sp³-hybridized carbons (Fsp3) is 0.350. The molecule has 0 aliphatic heterocycles. The molecule has 8 nitrogen and oxygen atoms in total. The van der Waals surface area contributed by atoms with E-state index in [9.17, 15) is 4.79 Å². The van der Waals surface area contributed by atoms with Crippen molar-refractivity contribution in [3.05, 3.63) is 30.6 Å². The molecule has 1 fully saturated rings. The van der Waals surface area contributed by atoms with Gasteiger partial charge in [-0.2, -0.15) is 0 Å². The van der Waals surface area contributed by atoms with Crippen LogP contribution in [0, 0.1) is 11.8 Å². The second kappa shape index (κ2) is 7.12. The predicted molar refractivity (Wildman–Crippen MR) is 104 cm³/mol. The van der Waals surface area contributed by atoms with Crippen LogP contribution in [0.1, 0.15) is 6.42 Å². The minimum absolute atomic E-state index is 0.0430. The molecule has 3 aromatic rings. The highest BCUT2D eigenvalue weighted by Gasteiger charge is 2.42. The van der Waals surface area contributed by atoms with Crippen molar-refractivity contribution < 1.29 is 19.4 Å². The molecule has 0 aromatic carbocycles. The maximum atomic E-state index is 12.2. The average molecular weight is 382 g/mol. The Hall–Kier alpha value is -3.13. The number of aliphatic hydroxyl groups excluding tert-OH is 1. The lowest BCUT2D eigenvalue weighted by atomic mass is 10.1. The van der Waals surface area contributed by atoms with Gasteiger partial charge < -0.3 is 24.5 Å². The normalized spacial score (nSPS) is 18.1. The van der Waals surface area contributed by atoms with Gasteiger partial charge in [-0.05, 0) is 30.5 Å². The summed E-state index contributed by atoms with van der Waals surface area (Å²) in [6.45, 7) is 0.0430. The van der Waals surface area contributed by atoms with E-state index in [4.69, 9.17) is 14.6 Å². The lowest BCUT2D eigenvalue weighted by molar-refractivity contribution is -0.117. The number of pyridine rings is 2. The molecule has 3 aromatic heterocycles. The van der Waals surface area contributed by atoms with E-state index in [0.29, 0.717) is 17.4 Å². The van der Waals surface area contributed by atoms with Gasteiger partial charge in [-0.15, -0.1) is 0 Å². The number of hydrogen-bond acceptors (Lipinski definition) is 6. The van der Waals surface area contributed by atoms with Gasteiger partial charge >= 0.3 is 0 Å². The van der Waals surface area contributed by atoms with E-state index in [-0.39, 0.29) is 24.3 Å². The molecule has 0 bridgehead atoms. The van der Waals surface area contributed by atoms with Crippen LogP contribution in [0.3, 0.4) is 0 Å². The maximum absolute atomic E-state index is 12.2. The molecule has 8 heteroatoms. The number of nitrogens with one attached hydrogen (secondary N) is 1. The molecule has 1 saturated carbocycles. The fourth-order valence-corrected chi connectivity index (χ4v) is 3.52. The van der Waals surface area contributed by atoms with Crippen LogP contribution >= 0.6 is 0 Å². The Balaban J connectivity index is 1.71. The molecule has 2 N–H and O–H groups in total. The van der Waals surface area contributed by atoms with Crippen molar-refractivity contribution in [2.24, 2.45) is 18.9 Å². The summed E-state index contributed by atoms with van der Waals surface area (Å²) in [6, 6.07) is 5.61. The first-order chi connectivity index (χ1) is 13.6. The Morgan fingerprint density at radius 1 is 1.32 bits per heavy atom. The van der Waals surface area contributed by atoms with Crippen LogP contribution in [0.4, 0.5) is 5.82 Å². The first-order valence-corrected chi connectivity index (χ1v) is 9.02. The number of methoxy groups -OCH3 is 2. The van der Waals surface area contributed by atoms with E-state index >= 15 is 0 Å². The minimum atomic E-state index is -0.127. The van der Waals surface area contributed by atoms with Crippen molar-refractivity contribution in [3.8, 4) is 22.9 Å². The summed E-state index contributed by atoms with van der Waals surface area (Å²) in [5.41, 5.74) is 2.52. The van der Waals surface area contributed by atoms with Gasteiger partial charge in [0.05, 0.1) is 31.6 Å². The molecular weight excluding hydrogens is 360 g/mol. The molecule has 0 radical (unpaired) electrons. The molecule has 0 saturated heterocycles. The predicted octanol–water partition coefficient (Wildman–Crippen LogP) is 2.22. The van der Waals surface area contributed by atoms with Crippen molar-refractivity contribution in [2.45, 2.75) is 6.42 Å². The zero-order valence-corrected chi connectivity index (χ0v) is 16.0. The zero-order valence-electron chi connectivity index (χ0n) is 16.0. The van der Waals surface area contributed by atoms with E-state index < -0.39 is 0 Å². The summed E-state index contributed by atoms with van der Waals surface area (Å²) >= 11 is 0. The highest BCUT2D eigenvalue weighted by Crippen LogP contribution is 2.40. The molecule has 0 spiro atoms. The zero-order chi connectivity index (χ0) is 19.8. The SMILES string of the molecule is COc1ccnc(OC)c1-c1cc2cc(NC(=O)[C@@H]3C[C@H]3CO)ncc2n1C. The van der Waals surface area contributed by atoms with Crippen molar-refractivity contribution in [1.82, 2.24) is 14.5 Å². The number of ether oxygens (including phenoxy) is 2. The number of amides is 1. The molecule has 1 aliphatic rings. The van der Waals surface area contributed by atoms with Crippen LogP contribution in [0.15, 0.2) is 30.6 Å². The highest BCUT2D eigenvalue weighted by molar-refractivity contribution is 5.96. The van der Waals surface area contributed by atoms with E-state index in [1.807, 2.05) is 23.7 Å². The third kappa shape index (κ3) is 3.05. The van der Waals surface area contributed by atoms with Crippen molar-refractivity contribution in [3.63, 3.8) is 0 Å². The number of nitrogens with zero attached hydrogens (tertiary/aromatic N) is 3. The topological polar surface area (TPSA) is 98.5 Å². The third-order valence-electron chi connectivity index (χ3n) is 5.22. The molecule has 4 rings (SSSR count). The number of hydrogen-bond donors (Lipinski definition) is 2. The molecule has 0 unspecified atom stereocenters. The van der Waals surface area contributed by atoms with Crippen molar-refractivity contribution in [2.75, 3.05) is 26.1 Å². The van der Waals surface area contributed by atoms with Crippen LogP contribution in [-0.4, -0.2) is 46.4 Å². The molecule has 2 atom stereocenters. The third-order valence-corrected chi connectivity index (χ3v) is 5.22. The summed E-state index contributed by atoms with van der Waals surface area (Å²) in [5.74, 6) is 1.45. The number of anilines is 1. The number of carbonyl (C=O) groups excluding carboxylic acids is 1. The Morgan fingerprint density at radius 3 is 2.82 bits per heavy atom. The Bertz CT molecular complexity index is 1020. The number of aliphatic hydroxyl groups is 1. The first kappa shape index (κ1) is 18.2. The first-order valence-electron chi connectivity index (χ1n) is 9.02. The van der Waals surface area contributed by atoms with E-state index in [1.54, 1.807) is 32.7 Å². The van der Waals surface area contributed by atoms with Crippen LogP contribution in [-0.2, 0) is 11.8 Å². The fourth-order valence-electron chi connectivity index (χ4n) is 3.52. The number of rotatable bonds is 6.